The van der Waals surface area contributed by atoms with Crippen molar-refractivity contribution in [1.29, 1.82) is 0 Å². The highest BCUT2D eigenvalue weighted by Crippen LogP contribution is 2.13. The Balaban J connectivity index is 1.67. The first kappa shape index (κ1) is 16.5. The fraction of sp³-hybridized carbons (Fsp3) is 0.667. The zero-order valence-corrected chi connectivity index (χ0v) is 13.5. The Morgan fingerprint density at radius 3 is 2.48 bits per heavy atom. The Bertz CT molecular complexity index is 382. The van der Waals surface area contributed by atoms with Crippen molar-refractivity contribution < 1.29 is 0 Å². The monoisotopic (exact) mass is 289 g/mol. The van der Waals surface area contributed by atoms with Crippen molar-refractivity contribution in [2.24, 2.45) is 5.73 Å². The van der Waals surface area contributed by atoms with Gasteiger partial charge in [-0.1, -0.05) is 44.0 Å². The molecule has 1 aromatic rings. The SMILES string of the molecule is CCCCC(N)CNCc1ccc(CN2CCCC2)cc1. The molecule has 1 aliphatic heterocycles. The van der Waals surface area contributed by atoms with Crippen LogP contribution in [0.1, 0.15) is 50.2 Å². The van der Waals surface area contributed by atoms with Crippen LogP contribution < -0.4 is 11.1 Å². The summed E-state index contributed by atoms with van der Waals surface area (Å²) >= 11 is 0. The normalized spacial score (nSPS) is 17.2. The summed E-state index contributed by atoms with van der Waals surface area (Å²) in [6.07, 6.45) is 6.30. The van der Waals surface area contributed by atoms with Crippen LogP contribution in [0.25, 0.3) is 0 Å². The fourth-order valence-corrected chi connectivity index (χ4v) is 2.93. The summed E-state index contributed by atoms with van der Waals surface area (Å²) in [4.78, 5) is 2.54. The van der Waals surface area contributed by atoms with E-state index in [4.69, 9.17) is 5.73 Å². The van der Waals surface area contributed by atoms with Gasteiger partial charge in [-0.25, -0.2) is 0 Å². The van der Waals surface area contributed by atoms with E-state index in [1.807, 2.05) is 0 Å². The molecule has 1 aromatic carbocycles. The molecular formula is C18H31N3. The van der Waals surface area contributed by atoms with Gasteiger partial charge in [0.2, 0.25) is 0 Å². The minimum atomic E-state index is 0.291. The van der Waals surface area contributed by atoms with E-state index in [1.54, 1.807) is 0 Å². The summed E-state index contributed by atoms with van der Waals surface area (Å²) < 4.78 is 0. The molecule has 2 rings (SSSR count). The lowest BCUT2D eigenvalue weighted by Crippen LogP contribution is -2.33. The van der Waals surface area contributed by atoms with Gasteiger partial charge in [-0.15, -0.1) is 0 Å². The molecule has 3 heteroatoms. The molecular weight excluding hydrogens is 258 g/mol. The molecule has 3 nitrogen and oxygen atoms in total. The lowest BCUT2D eigenvalue weighted by molar-refractivity contribution is 0.331. The van der Waals surface area contributed by atoms with Gasteiger partial charge in [0.05, 0.1) is 0 Å². The molecule has 1 unspecified atom stereocenters. The number of hydrogen-bond donors (Lipinski definition) is 2. The second-order valence-corrected chi connectivity index (χ2v) is 6.33. The van der Waals surface area contributed by atoms with Crippen molar-refractivity contribution in [3.05, 3.63) is 35.4 Å². The quantitative estimate of drug-likeness (QED) is 0.734. The third kappa shape index (κ3) is 6.16. The molecule has 1 aliphatic rings. The van der Waals surface area contributed by atoms with Crippen molar-refractivity contribution >= 4 is 0 Å². The second-order valence-electron chi connectivity index (χ2n) is 6.33. The van der Waals surface area contributed by atoms with Gasteiger partial charge in [-0.05, 0) is 43.5 Å². The van der Waals surface area contributed by atoms with Gasteiger partial charge >= 0.3 is 0 Å². The number of benzene rings is 1. The minimum absolute atomic E-state index is 0.291. The van der Waals surface area contributed by atoms with E-state index in [1.165, 1.54) is 49.9 Å². The average molecular weight is 289 g/mol. The first-order chi connectivity index (χ1) is 10.3. The summed E-state index contributed by atoms with van der Waals surface area (Å²) in [5, 5.41) is 3.47. The molecule has 21 heavy (non-hydrogen) atoms. The van der Waals surface area contributed by atoms with Crippen LogP contribution >= 0.6 is 0 Å². The van der Waals surface area contributed by atoms with Gasteiger partial charge in [-0.3, -0.25) is 4.90 Å². The van der Waals surface area contributed by atoms with Crippen molar-refractivity contribution in [1.82, 2.24) is 10.2 Å². The number of unbranched alkanes of at least 4 members (excludes halogenated alkanes) is 1. The topological polar surface area (TPSA) is 41.3 Å². The van der Waals surface area contributed by atoms with E-state index in [0.29, 0.717) is 6.04 Å². The molecule has 0 aliphatic carbocycles. The number of rotatable bonds is 9. The zero-order valence-electron chi connectivity index (χ0n) is 13.5. The van der Waals surface area contributed by atoms with Crippen molar-refractivity contribution in [2.75, 3.05) is 19.6 Å². The average Bonchev–Trinajstić information content (AvgIpc) is 3.00. The highest BCUT2D eigenvalue weighted by atomic mass is 15.1. The number of nitrogens with zero attached hydrogens (tertiary/aromatic N) is 1. The molecule has 0 amide bonds. The largest absolute Gasteiger partial charge is 0.327 e. The lowest BCUT2D eigenvalue weighted by atomic mass is 10.1. The molecule has 1 saturated heterocycles. The van der Waals surface area contributed by atoms with Crippen LogP contribution in [0.3, 0.4) is 0 Å². The summed E-state index contributed by atoms with van der Waals surface area (Å²) in [5.41, 5.74) is 8.85. The molecule has 1 heterocycles. The smallest absolute Gasteiger partial charge is 0.0233 e. The molecule has 0 aromatic heterocycles. The minimum Gasteiger partial charge on any atom is -0.327 e. The highest BCUT2D eigenvalue weighted by molar-refractivity contribution is 5.22. The summed E-state index contributed by atoms with van der Waals surface area (Å²) in [5.74, 6) is 0. The highest BCUT2D eigenvalue weighted by Gasteiger charge is 2.11. The summed E-state index contributed by atoms with van der Waals surface area (Å²) in [6, 6.07) is 9.32. The number of likely N-dealkylation sites (tertiary alicyclic amines) is 1. The molecule has 0 radical (unpaired) electrons. The van der Waals surface area contributed by atoms with Gasteiger partial charge in [0.1, 0.15) is 0 Å². The first-order valence-corrected chi connectivity index (χ1v) is 8.54. The van der Waals surface area contributed by atoms with Gasteiger partial charge in [0.25, 0.3) is 0 Å². The maximum absolute atomic E-state index is 6.07. The molecule has 118 valence electrons. The van der Waals surface area contributed by atoms with Crippen LogP contribution in [0.2, 0.25) is 0 Å². The number of nitrogens with two attached hydrogens (primary N) is 1. The maximum atomic E-state index is 6.07. The van der Waals surface area contributed by atoms with E-state index in [9.17, 15) is 0 Å². The van der Waals surface area contributed by atoms with Crippen LogP contribution in [-0.4, -0.2) is 30.6 Å². The molecule has 0 bridgehead atoms. The molecule has 1 fully saturated rings. The van der Waals surface area contributed by atoms with Gasteiger partial charge < -0.3 is 11.1 Å². The first-order valence-electron chi connectivity index (χ1n) is 8.54. The Morgan fingerprint density at radius 2 is 1.81 bits per heavy atom. The number of hydrogen-bond acceptors (Lipinski definition) is 3. The van der Waals surface area contributed by atoms with Crippen molar-refractivity contribution in [3.63, 3.8) is 0 Å². The van der Waals surface area contributed by atoms with E-state index >= 15 is 0 Å². The van der Waals surface area contributed by atoms with Gasteiger partial charge in [-0.2, -0.15) is 0 Å². The number of nitrogens with one attached hydrogen (secondary N) is 1. The molecule has 1 atom stereocenters. The van der Waals surface area contributed by atoms with E-state index in [2.05, 4.69) is 41.4 Å². The van der Waals surface area contributed by atoms with Crippen LogP contribution in [-0.2, 0) is 13.1 Å². The Hall–Kier alpha value is -0.900. The van der Waals surface area contributed by atoms with Crippen molar-refractivity contribution in [3.8, 4) is 0 Å². The Labute approximate surface area is 129 Å². The third-order valence-corrected chi connectivity index (χ3v) is 4.29. The summed E-state index contributed by atoms with van der Waals surface area (Å²) in [7, 11) is 0. The predicted octanol–water partition coefficient (Wildman–Crippen LogP) is 2.89. The molecule has 0 saturated carbocycles. The van der Waals surface area contributed by atoms with Crippen LogP contribution in [0.15, 0.2) is 24.3 Å². The summed E-state index contributed by atoms with van der Waals surface area (Å²) in [6.45, 7) is 7.68. The van der Waals surface area contributed by atoms with Gasteiger partial charge in [0.15, 0.2) is 0 Å². The van der Waals surface area contributed by atoms with Crippen LogP contribution in [0.4, 0.5) is 0 Å². The standard InChI is InChI=1S/C18H31N3/c1-2-3-6-18(19)14-20-13-16-7-9-17(10-8-16)15-21-11-4-5-12-21/h7-10,18,20H,2-6,11-15,19H2,1H3. The zero-order chi connectivity index (χ0) is 14.9. The predicted molar refractivity (Wildman–Crippen MR) is 90.2 cm³/mol. The molecule has 3 N–H and O–H groups in total. The Kier molecular flexibility index (Phi) is 7.20. The second kappa shape index (κ2) is 9.19. The van der Waals surface area contributed by atoms with Crippen LogP contribution in [0.5, 0.6) is 0 Å². The third-order valence-electron chi connectivity index (χ3n) is 4.29. The van der Waals surface area contributed by atoms with Gasteiger partial charge in [0, 0.05) is 25.7 Å². The van der Waals surface area contributed by atoms with E-state index in [-0.39, 0.29) is 0 Å². The van der Waals surface area contributed by atoms with E-state index in [0.717, 1.165) is 26.1 Å². The Morgan fingerprint density at radius 1 is 1.14 bits per heavy atom. The van der Waals surface area contributed by atoms with E-state index < -0.39 is 0 Å². The van der Waals surface area contributed by atoms with Crippen LogP contribution in [0, 0.1) is 0 Å². The maximum Gasteiger partial charge on any atom is 0.0233 e. The lowest BCUT2D eigenvalue weighted by Gasteiger charge is -2.15. The van der Waals surface area contributed by atoms with Crippen molar-refractivity contribution in [2.45, 2.75) is 58.2 Å². The fourth-order valence-electron chi connectivity index (χ4n) is 2.93. The molecule has 0 spiro atoms.